The Labute approximate surface area is 73.0 Å². The molecule has 2 aromatic rings. The van der Waals surface area contributed by atoms with Gasteiger partial charge in [-0.1, -0.05) is 0 Å². The number of halogens is 2. The Bertz CT molecular complexity index is 468. The average Bonchev–Trinajstić information content (AvgIpc) is 2.07. The minimum Gasteiger partial charge on any atom is -0.398 e. The molecule has 0 aliphatic rings. The van der Waals surface area contributed by atoms with Crippen molar-refractivity contribution in [3.05, 3.63) is 36.0 Å². The second-order valence-electron chi connectivity index (χ2n) is 2.68. The molecule has 1 aromatic carbocycles. The molecule has 1 heterocycles. The number of hydrogen-bond donors (Lipinski definition) is 1. The van der Waals surface area contributed by atoms with E-state index in [1.165, 1.54) is 18.3 Å². The largest absolute Gasteiger partial charge is 0.398 e. The molecule has 0 amide bonds. The molecule has 13 heavy (non-hydrogen) atoms. The van der Waals surface area contributed by atoms with Crippen LogP contribution < -0.4 is 5.73 Å². The zero-order valence-electron chi connectivity index (χ0n) is 6.59. The van der Waals surface area contributed by atoms with Crippen LogP contribution in [-0.2, 0) is 0 Å². The number of hydrogen-bond acceptors (Lipinski definition) is 2. The van der Waals surface area contributed by atoms with E-state index in [0.717, 1.165) is 6.07 Å². The molecule has 0 aliphatic heterocycles. The maximum atomic E-state index is 13.1. The topological polar surface area (TPSA) is 38.9 Å². The van der Waals surface area contributed by atoms with Crippen molar-refractivity contribution in [1.82, 2.24) is 4.98 Å². The van der Waals surface area contributed by atoms with E-state index in [1.807, 2.05) is 0 Å². The summed E-state index contributed by atoms with van der Waals surface area (Å²) in [6.07, 6.45) is 1.39. The lowest BCUT2D eigenvalue weighted by Gasteiger charge is -2.01. The molecule has 66 valence electrons. The van der Waals surface area contributed by atoms with Crippen molar-refractivity contribution in [3.63, 3.8) is 0 Å². The molecule has 0 spiro atoms. The van der Waals surface area contributed by atoms with Crippen LogP contribution in [0.3, 0.4) is 0 Å². The predicted molar refractivity (Wildman–Crippen MR) is 46.1 cm³/mol. The molecule has 0 unspecified atom stereocenters. The minimum absolute atomic E-state index is 0.0985. The molecule has 2 nitrogen and oxygen atoms in total. The molecule has 0 bridgehead atoms. The summed E-state index contributed by atoms with van der Waals surface area (Å²) in [6, 6.07) is 3.46. The fourth-order valence-electron chi connectivity index (χ4n) is 1.20. The van der Waals surface area contributed by atoms with Crippen LogP contribution in [0.1, 0.15) is 0 Å². The Morgan fingerprint density at radius 1 is 1.23 bits per heavy atom. The van der Waals surface area contributed by atoms with Gasteiger partial charge in [-0.3, -0.25) is 4.98 Å². The number of nitrogens with zero attached hydrogens (tertiary/aromatic N) is 1. The lowest BCUT2D eigenvalue weighted by atomic mass is 10.2. The second-order valence-corrected chi connectivity index (χ2v) is 2.68. The number of pyridine rings is 1. The SMILES string of the molecule is Nc1ccnc2c(F)cc(F)cc12. The number of benzene rings is 1. The van der Waals surface area contributed by atoms with Gasteiger partial charge in [0.05, 0.1) is 0 Å². The monoisotopic (exact) mass is 180 g/mol. The number of aromatic nitrogens is 1. The van der Waals surface area contributed by atoms with E-state index in [0.29, 0.717) is 11.1 Å². The lowest BCUT2D eigenvalue weighted by molar-refractivity contribution is 0.590. The van der Waals surface area contributed by atoms with E-state index in [9.17, 15) is 8.78 Å². The maximum Gasteiger partial charge on any atom is 0.152 e. The Morgan fingerprint density at radius 2 is 2.00 bits per heavy atom. The van der Waals surface area contributed by atoms with Gasteiger partial charge in [-0.2, -0.15) is 0 Å². The zero-order chi connectivity index (χ0) is 9.42. The molecule has 0 saturated heterocycles. The van der Waals surface area contributed by atoms with Crippen LogP contribution in [-0.4, -0.2) is 4.98 Å². The molecule has 0 atom stereocenters. The quantitative estimate of drug-likeness (QED) is 0.674. The number of fused-ring (bicyclic) bond motifs is 1. The standard InChI is InChI=1S/C9H6F2N2/c10-5-3-6-8(12)1-2-13-9(6)7(11)4-5/h1-4H,(H2,12,13). The average molecular weight is 180 g/mol. The van der Waals surface area contributed by atoms with E-state index in [4.69, 9.17) is 5.73 Å². The van der Waals surface area contributed by atoms with Gasteiger partial charge in [0.1, 0.15) is 11.3 Å². The van der Waals surface area contributed by atoms with E-state index in [1.54, 1.807) is 0 Å². The van der Waals surface area contributed by atoms with Crippen molar-refractivity contribution in [2.75, 3.05) is 5.73 Å². The van der Waals surface area contributed by atoms with Gasteiger partial charge >= 0.3 is 0 Å². The molecular formula is C9H6F2N2. The lowest BCUT2D eigenvalue weighted by Crippen LogP contribution is -1.92. The van der Waals surface area contributed by atoms with Crippen LogP contribution in [0.5, 0.6) is 0 Å². The summed E-state index contributed by atoms with van der Waals surface area (Å²) in [5.74, 6) is -1.34. The van der Waals surface area contributed by atoms with Crippen LogP contribution in [0.4, 0.5) is 14.5 Å². The maximum absolute atomic E-state index is 13.1. The van der Waals surface area contributed by atoms with Crippen molar-refractivity contribution in [3.8, 4) is 0 Å². The third-order valence-corrected chi connectivity index (χ3v) is 1.80. The summed E-state index contributed by atoms with van der Waals surface area (Å²) in [4.78, 5) is 3.76. The summed E-state index contributed by atoms with van der Waals surface area (Å²) >= 11 is 0. The van der Waals surface area contributed by atoms with Crippen molar-refractivity contribution < 1.29 is 8.78 Å². The minimum atomic E-state index is -0.692. The summed E-state index contributed by atoms with van der Waals surface area (Å²) in [5, 5.41) is 0.306. The number of nitrogens with two attached hydrogens (primary N) is 1. The molecule has 0 radical (unpaired) electrons. The fourth-order valence-corrected chi connectivity index (χ4v) is 1.20. The van der Waals surface area contributed by atoms with Crippen LogP contribution in [0.25, 0.3) is 10.9 Å². The first-order valence-corrected chi connectivity index (χ1v) is 3.68. The Hall–Kier alpha value is -1.71. The van der Waals surface area contributed by atoms with Gasteiger partial charge in [-0.05, 0) is 12.1 Å². The molecular weight excluding hydrogens is 174 g/mol. The van der Waals surface area contributed by atoms with Crippen molar-refractivity contribution in [2.24, 2.45) is 0 Å². The fraction of sp³-hybridized carbons (Fsp3) is 0. The van der Waals surface area contributed by atoms with Crippen molar-refractivity contribution in [2.45, 2.75) is 0 Å². The zero-order valence-corrected chi connectivity index (χ0v) is 6.59. The molecule has 1 aromatic heterocycles. The van der Waals surface area contributed by atoms with E-state index < -0.39 is 11.6 Å². The van der Waals surface area contributed by atoms with E-state index >= 15 is 0 Å². The molecule has 2 rings (SSSR count). The highest BCUT2D eigenvalue weighted by Gasteiger charge is 2.06. The second kappa shape index (κ2) is 2.65. The first-order valence-electron chi connectivity index (χ1n) is 3.68. The van der Waals surface area contributed by atoms with Gasteiger partial charge in [-0.15, -0.1) is 0 Å². The summed E-state index contributed by atoms with van der Waals surface area (Å²) in [6.45, 7) is 0. The first kappa shape index (κ1) is 7.91. The van der Waals surface area contributed by atoms with Crippen LogP contribution in [0, 0.1) is 11.6 Å². The van der Waals surface area contributed by atoms with Gasteiger partial charge in [-0.25, -0.2) is 8.78 Å². The van der Waals surface area contributed by atoms with Gasteiger partial charge < -0.3 is 5.73 Å². The van der Waals surface area contributed by atoms with Gasteiger partial charge in [0.15, 0.2) is 5.82 Å². The van der Waals surface area contributed by atoms with Crippen LogP contribution in [0.15, 0.2) is 24.4 Å². The molecule has 0 saturated carbocycles. The molecule has 0 aliphatic carbocycles. The highest BCUT2D eigenvalue weighted by molar-refractivity contribution is 5.90. The Balaban J connectivity index is 2.94. The normalized spacial score (nSPS) is 10.6. The summed E-state index contributed by atoms with van der Waals surface area (Å²) < 4.78 is 25.8. The highest BCUT2D eigenvalue weighted by atomic mass is 19.1. The van der Waals surface area contributed by atoms with E-state index in [2.05, 4.69) is 4.98 Å². The van der Waals surface area contributed by atoms with E-state index in [-0.39, 0.29) is 5.52 Å². The first-order chi connectivity index (χ1) is 6.18. The smallest absolute Gasteiger partial charge is 0.152 e. The molecule has 2 N–H and O–H groups in total. The Morgan fingerprint density at radius 3 is 2.77 bits per heavy atom. The molecule has 0 fully saturated rings. The van der Waals surface area contributed by atoms with Crippen molar-refractivity contribution in [1.29, 1.82) is 0 Å². The predicted octanol–water partition coefficient (Wildman–Crippen LogP) is 2.10. The third kappa shape index (κ3) is 1.20. The highest BCUT2D eigenvalue weighted by Crippen LogP contribution is 2.22. The summed E-state index contributed by atoms with van der Waals surface area (Å²) in [7, 11) is 0. The summed E-state index contributed by atoms with van der Waals surface area (Å²) in [5.41, 5.74) is 5.94. The van der Waals surface area contributed by atoms with Crippen LogP contribution >= 0.6 is 0 Å². The van der Waals surface area contributed by atoms with Gasteiger partial charge in [0, 0.05) is 23.3 Å². The van der Waals surface area contributed by atoms with Gasteiger partial charge in [0.2, 0.25) is 0 Å². The number of anilines is 1. The third-order valence-electron chi connectivity index (χ3n) is 1.80. The molecule has 4 heteroatoms. The van der Waals surface area contributed by atoms with Gasteiger partial charge in [0.25, 0.3) is 0 Å². The Kier molecular flexibility index (Phi) is 1.62. The number of nitrogen functional groups attached to an aromatic ring is 1. The van der Waals surface area contributed by atoms with Crippen molar-refractivity contribution >= 4 is 16.6 Å². The van der Waals surface area contributed by atoms with Crippen LogP contribution in [0.2, 0.25) is 0 Å². The number of rotatable bonds is 0.